The van der Waals surface area contributed by atoms with E-state index in [0.29, 0.717) is 5.41 Å². The summed E-state index contributed by atoms with van der Waals surface area (Å²) in [5, 5.41) is 0. The fourth-order valence-electron chi connectivity index (χ4n) is 0.571. The first-order valence-corrected chi connectivity index (χ1v) is 4.65. The minimum atomic E-state index is 0.134. The van der Waals surface area contributed by atoms with Crippen LogP contribution in [0.2, 0.25) is 6.04 Å². The van der Waals surface area contributed by atoms with Crippen molar-refractivity contribution in [3.05, 3.63) is 0 Å². The lowest BCUT2D eigenvalue weighted by Crippen LogP contribution is -2.09. The summed E-state index contributed by atoms with van der Waals surface area (Å²) in [4.78, 5) is 8.55. The second-order valence-electron chi connectivity index (χ2n) is 3.18. The molecule has 54 valence electrons. The van der Waals surface area contributed by atoms with E-state index >= 15 is 0 Å². The normalized spacial score (nSPS) is 12.0. The van der Waals surface area contributed by atoms with E-state index in [1.165, 1.54) is 6.42 Å². The van der Waals surface area contributed by atoms with Gasteiger partial charge in [-0.3, -0.25) is 0 Å². The lowest BCUT2D eigenvalue weighted by molar-refractivity contribution is 0.334. The predicted molar refractivity (Wildman–Crippen MR) is 41.5 cm³/mol. The van der Waals surface area contributed by atoms with Gasteiger partial charge in [-0.25, -0.2) is 0 Å². The second kappa shape index (κ2) is 4.07. The largest absolute Gasteiger partial charge is 0.432 e. The second-order valence-corrected chi connectivity index (χ2v) is 3.99. The zero-order valence-corrected chi connectivity index (χ0v) is 7.57. The van der Waals surface area contributed by atoms with E-state index in [2.05, 4.69) is 20.8 Å². The molecule has 0 fully saturated rings. The summed E-state index contributed by atoms with van der Waals surface area (Å²) in [6.07, 6.45) is 2.36. The van der Waals surface area contributed by atoms with Gasteiger partial charge < -0.3 is 4.80 Å². The van der Waals surface area contributed by atoms with Gasteiger partial charge >= 0.3 is 0 Å². The van der Waals surface area contributed by atoms with Gasteiger partial charge in [-0.1, -0.05) is 27.2 Å². The highest BCUT2D eigenvalue weighted by atomic mass is 28.2. The van der Waals surface area contributed by atoms with Crippen LogP contribution in [0.15, 0.2) is 0 Å². The Balaban J connectivity index is 3.33. The molecule has 0 aromatic heterocycles. The Kier molecular flexibility index (Phi) is 4.15. The molecule has 0 aliphatic heterocycles. The van der Waals surface area contributed by atoms with E-state index in [1.54, 1.807) is 0 Å². The van der Waals surface area contributed by atoms with Gasteiger partial charge in [0.2, 0.25) is 9.76 Å². The molecule has 0 aliphatic rings. The number of hydrogen-bond acceptors (Lipinski definition) is 1. The van der Waals surface area contributed by atoms with Gasteiger partial charge in [0, 0.05) is 0 Å². The van der Waals surface area contributed by atoms with Gasteiger partial charge in [-0.05, 0) is 17.9 Å². The van der Waals surface area contributed by atoms with E-state index in [-0.39, 0.29) is 9.76 Å². The first kappa shape index (κ1) is 9.18. The van der Waals surface area contributed by atoms with E-state index in [9.17, 15) is 0 Å². The molecule has 0 saturated carbocycles. The van der Waals surface area contributed by atoms with E-state index in [4.69, 9.17) is 4.80 Å². The molecular weight excluding hydrogens is 128 g/mol. The van der Waals surface area contributed by atoms with Gasteiger partial charge in [0.15, 0.2) is 0 Å². The van der Waals surface area contributed by atoms with Crippen molar-refractivity contribution in [2.24, 2.45) is 5.41 Å². The van der Waals surface area contributed by atoms with Gasteiger partial charge in [-0.2, -0.15) is 0 Å². The third-order valence-electron chi connectivity index (χ3n) is 1.87. The molecule has 2 heteroatoms. The maximum atomic E-state index is 8.55. The summed E-state index contributed by atoms with van der Waals surface area (Å²) >= 11 is 0. The van der Waals surface area contributed by atoms with E-state index < -0.39 is 0 Å². The molecule has 2 radical (unpaired) electrons. The standard InChI is InChI=1S/C7H16OSi/c1-4-7(2,3)5-6-9-8/h8H,4-6H2,1-3H3. The average Bonchev–Trinajstić information content (AvgIpc) is 1.84. The van der Waals surface area contributed by atoms with Crippen molar-refractivity contribution in [1.82, 2.24) is 0 Å². The van der Waals surface area contributed by atoms with Gasteiger partial charge in [0.25, 0.3) is 0 Å². The lowest BCUT2D eigenvalue weighted by Gasteiger charge is -2.21. The molecule has 1 N–H and O–H groups in total. The van der Waals surface area contributed by atoms with Crippen LogP contribution in [-0.2, 0) is 0 Å². The first-order valence-electron chi connectivity index (χ1n) is 3.49. The SMILES string of the molecule is CCC(C)(C)CC[Si]O. The van der Waals surface area contributed by atoms with Crippen molar-refractivity contribution in [3.63, 3.8) is 0 Å². The Labute approximate surface area is 60.4 Å². The zero-order valence-electron chi connectivity index (χ0n) is 6.57. The van der Waals surface area contributed by atoms with Crippen molar-refractivity contribution < 1.29 is 4.80 Å². The van der Waals surface area contributed by atoms with Gasteiger partial charge in [-0.15, -0.1) is 0 Å². The van der Waals surface area contributed by atoms with Crippen LogP contribution >= 0.6 is 0 Å². The highest BCUT2D eigenvalue weighted by molar-refractivity contribution is 6.25. The molecule has 0 heterocycles. The quantitative estimate of drug-likeness (QED) is 0.597. The average molecular weight is 144 g/mol. The van der Waals surface area contributed by atoms with Crippen molar-refractivity contribution in [1.29, 1.82) is 0 Å². The smallest absolute Gasteiger partial charge is 0.224 e. The summed E-state index contributed by atoms with van der Waals surface area (Å²) in [7, 11) is 0.134. The molecule has 9 heavy (non-hydrogen) atoms. The van der Waals surface area contributed by atoms with Gasteiger partial charge in [0.1, 0.15) is 0 Å². The molecule has 0 rings (SSSR count). The van der Waals surface area contributed by atoms with E-state index in [0.717, 1.165) is 12.5 Å². The Morgan fingerprint density at radius 3 is 2.33 bits per heavy atom. The molecule has 0 atom stereocenters. The Morgan fingerprint density at radius 1 is 1.44 bits per heavy atom. The summed E-state index contributed by atoms with van der Waals surface area (Å²) < 4.78 is 0. The van der Waals surface area contributed by atoms with Crippen LogP contribution in [0.4, 0.5) is 0 Å². The lowest BCUT2D eigenvalue weighted by atomic mass is 9.87. The van der Waals surface area contributed by atoms with Crippen molar-refractivity contribution in [3.8, 4) is 0 Å². The van der Waals surface area contributed by atoms with Crippen LogP contribution in [-0.4, -0.2) is 14.6 Å². The fraction of sp³-hybridized carbons (Fsp3) is 1.00. The molecule has 0 bridgehead atoms. The predicted octanol–water partition coefficient (Wildman–Crippen LogP) is 1.84. The molecule has 0 aromatic rings. The van der Waals surface area contributed by atoms with Crippen LogP contribution in [0.25, 0.3) is 0 Å². The Bertz CT molecular complexity index is 71.3. The van der Waals surface area contributed by atoms with Crippen LogP contribution < -0.4 is 0 Å². The molecule has 0 aliphatic carbocycles. The summed E-state index contributed by atoms with van der Waals surface area (Å²) in [6.45, 7) is 6.68. The summed E-state index contributed by atoms with van der Waals surface area (Å²) in [6, 6.07) is 0.973. The molecule has 1 nitrogen and oxygen atoms in total. The minimum absolute atomic E-state index is 0.134. The topological polar surface area (TPSA) is 20.2 Å². The third kappa shape index (κ3) is 4.67. The van der Waals surface area contributed by atoms with Crippen molar-refractivity contribution in [2.75, 3.05) is 0 Å². The van der Waals surface area contributed by atoms with E-state index in [1.807, 2.05) is 0 Å². The number of rotatable bonds is 4. The van der Waals surface area contributed by atoms with Crippen LogP contribution in [0, 0.1) is 5.41 Å². The fourth-order valence-corrected chi connectivity index (χ4v) is 1.36. The molecule has 0 amide bonds. The molecular formula is C7H16OSi. The van der Waals surface area contributed by atoms with Crippen LogP contribution in [0.1, 0.15) is 33.6 Å². The highest BCUT2D eigenvalue weighted by Gasteiger charge is 2.13. The Morgan fingerprint density at radius 2 is 2.00 bits per heavy atom. The zero-order chi connectivity index (χ0) is 7.33. The first-order chi connectivity index (χ1) is 4.12. The summed E-state index contributed by atoms with van der Waals surface area (Å²) in [5.74, 6) is 0. The van der Waals surface area contributed by atoms with Crippen LogP contribution in [0.5, 0.6) is 0 Å². The van der Waals surface area contributed by atoms with Crippen LogP contribution in [0.3, 0.4) is 0 Å². The number of hydrogen-bond donors (Lipinski definition) is 1. The molecule has 0 aromatic carbocycles. The van der Waals surface area contributed by atoms with Gasteiger partial charge in [0.05, 0.1) is 0 Å². The highest BCUT2D eigenvalue weighted by Crippen LogP contribution is 2.25. The maximum Gasteiger partial charge on any atom is 0.224 e. The van der Waals surface area contributed by atoms with Crippen molar-refractivity contribution >= 4 is 9.76 Å². The molecule has 0 spiro atoms. The molecule has 0 saturated heterocycles. The Hall–Kier alpha value is 0.177. The maximum absolute atomic E-state index is 8.55. The summed E-state index contributed by atoms with van der Waals surface area (Å²) in [5.41, 5.74) is 0.440. The monoisotopic (exact) mass is 144 g/mol. The van der Waals surface area contributed by atoms with Crippen molar-refractivity contribution in [2.45, 2.75) is 39.7 Å². The third-order valence-corrected chi connectivity index (χ3v) is 2.34. The molecule has 0 unspecified atom stereocenters. The minimum Gasteiger partial charge on any atom is -0.432 e.